The van der Waals surface area contributed by atoms with E-state index in [2.05, 4.69) is 14.2 Å². The summed E-state index contributed by atoms with van der Waals surface area (Å²) in [6.07, 6.45) is 0. The maximum absolute atomic E-state index is 14.5. The summed E-state index contributed by atoms with van der Waals surface area (Å²) in [5.41, 5.74) is 4.64. The standard InChI is InChI=1S/C53H33Cl4FN4O15S6/c1-75-41-16-9-28(18-39(41)58)38-24-46(80-49(38)57)81(69,70)60-30-10-13-33(40(63)19-30)52(67)77-43-21-32(62-82(71,72)44-22-36(47(55)78-44)25-5-7-26(8-6-25)50(59)64)12-15-35(43)53(68)76-42-20-31(11-14-34(42)51(65)66)61-83(73,74)45-23-37(48(56)79-45)27-3-2-4-29(54)17-27/h2-24,60-63H,1H3,(H2,59,64)(H,65,66). The summed E-state index contributed by atoms with van der Waals surface area (Å²) in [5, 5.41) is 21.6. The lowest BCUT2D eigenvalue weighted by Gasteiger charge is -2.15. The van der Waals surface area contributed by atoms with Crippen LogP contribution in [0.4, 0.5) is 21.5 Å². The van der Waals surface area contributed by atoms with Gasteiger partial charge in [0.05, 0.1) is 24.2 Å². The van der Waals surface area contributed by atoms with Crippen molar-refractivity contribution < 1.29 is 73.2 Å². The third-order valence-electron chi connectivity index (χ3n) is 11.7. The summed E-state index contributed by atoms with van der Waals surface area (Å²) < 4.78 is 119. The molecule has 9 rings (SSSR count). The van der Waals surface area contributed by atoms with Gasteiger partial charge in [0.1, 0.15) is 59.6 Å². The molecule has 426 valence electrons. The number of methoxy groups -OCH3 is 1. The van der Waals surface area contributed by atoms with Gasteiger partial charge in [-0.2, -0.15) is 0 Å². The number of carbonyl (C=O) groups is 4. The van der Waals surface area contributed by atoms with Crippen molar-refractivity contribution in [1.82, 2.24) is 0 Å². The SMILES string of the molecule is COc1ccc(-c2cc(S(=O)(=O)Nc3ccc(C(=O)Oc4cc(NS(=O)(=O)c5cc(-c6ccc(C(N)=O)cc6)c(Cl)s5)ccc4C(=O)Oc4cc(NS(=O)(=O)c5cc(-c6cccc(Cl)c6)c(Cl)s5)ccc4C(=O)O)c(O)c3)sc2Cl)cc1F. The lowest BCUT2D eigenvalue weighted by molar-refractivity contribution is 0.0680. The summed E-state index contributed by atoms with van der Waals surface area (Å²) in [4.78, 5) is 52.3. The number of benzene rings is 6. The zero-order valence-corrected chi connectivity index (χ0v) is 49.3. The van der Waals surface area contributed by atoms with Gasteiger partial charge in [0.2, 0.25) is 5.91 Å². The molecule has 0 radical (unpaired) electrons. The fourth-order valence-electron chi connectivity index (χ4n) is 7.71. The molecule has 6 aromatic carbocycles. The molecule has 3 aromatic heterocycles. The highest BCUT2D eigenvalue weighted by Crippen LogP contribution is 2.43. The van der Waals surface area contributed by atoms with Gasteiger partial charge in [-0.3, -0.25) is 19.0 Å². The van der Waals surface area contributed by atoms with Gasteiger partial charge >= 0.3 is 17.9 Å². The molecule has 83 heavy (non-hydrogen) atoms. The van der Waals surface area contributed by atoms with E-state index in [1.165, 1.54) is 61.7 Å². The van der Waals surface area contributed by atoms with Crippen molar-refractivity contribution in [3.8, 4) is 56.4 Å². The Kier molecular flexibility index (Phi) is 17.2. The van der Waals surface area contributed by atoms with E-state index < -0.39 is 93.6 Å². The molecule has 7 N–H and O–H groups in total. The number of thiophene rings is 3. The first-order valence-electron chi connectivity index (χ1n) is 23.0. The van der Waals surface area contributed by atoms with Gasteiger partial charge in [0.25, 0.3) is 30.1 Å². The number of primary amides is 1. The third kappa shape index (κ3) is 13.2. The lowest BCUT2D eigenvalue weighted by atomic mass is 10.1. The van der Waals surface area contributed by atoms with Crippen molar-refractivity contribution in [2.45, 2.75) is 12.6 Å². The van der Waals surface area contributed by atoms with Crippen LogP contribution in [0.1, 0.15) is 41.4 Å². The van der Waals surface area contributed by atoms with Crippen LogP contribution in [0.3, 0.4) is 0 Å². The zero-order valence-electron chi connectivity index (χ0n) is 41.4. The molecule has 1 amide bonds. The predicted octanol–water partition coefficient (Wildman–Crippen LogP) is 13.0. The Morgan fingerprint density at radius 1 is 0.518 bits per heavy atom. The molecule has 0 saturated carbocycles. The van der Waals surface area contributed by atoms with Crippen LogP contribution >= 0.6 is 80.4 Å². The molecular formula is C53H33Cl4FN4O15S6. The summed E-state index contributed by atoms with van der Waals surface area (Å²) in [6, 6.07) is 28.6. The minimum atomic E-state index is -4.56. The van der Waals surface area contributed by atoms with Gasteiger partial charge < -0.3 is 30.2 Å². The molecule has 0 spiro atoms. The molecular weight excluding hydrogens is 1290 g/mol. The van der Waals surface area contributed by atoms with E-state index in [-0.39, 0.29) is 70.7 Å². The summed E-state index contributed by atoms with van der Waals surface area (Å²) >= 11 is 27.4. The second-order valence-electron chi connectivity index (χ2n) is 17.1. The van der Waals surface area contributed by atoms with Crippen LogP contribution in [0.15, 0.2) is 152 Å². The number of carboxylic acid groups (broad SMARTS) is 1. The van der Waals surface area contributed by atoms with Crippen molar-refractivity contribution >= 4 is 151 Å². The third-order valence-corrected chi connectivity index (χ3v) is 21.5. The minimum absolute atomic E-state index is 0.00401. The largest absolute Gasteiger partial charge is 0.507 e. The Labute approximate surface area is 502 Å². The van der Waals surface area contributed by atoms with Crippen LogP contribution < -0.4 is 34.1 Å². The number of nitrogens with one attached hydrogen (secondary N) is 3. The van der Waals surface area contributed by atoms with Crippen LogP contribution in [0.5, 0.6) is 23.0 Å². The monoisotopic (exact) mass is 1320 g/mol. The Morgan fingerprint density at radius 2 is 0.952 bits per heavy atom. The quantitative estimate of drug-likeness (QED) is 0.0324. The van der Waals surface area contributed by atoms with E-state index in [4.69, 9.17) is 66.3 Å². The molecule has 19 nitrogen and oxygen atoms in total. The van der Waals surface area contributed by atoms with E-state index in [0.717, 1.165) is 60.7 Å². The molecule has 0 aliphatic heterocycles. The average molecular weight is 1320 g/mol. The number of carbonyl (C=O) groups excluding carboxylic acids is 3. The number of nitrogens with two attached hydrogens (primary N) is 1. The number of phenols is 1. The zero-order chi connectivity index (χ0) is 59.9. The smallest absolute Gasteiger partial charge is 0.347 e. The Balaban J connectivity index is 1.01. The van der Waals surface area contributed by atoms with E-state index in [9.17, 15) is 59.0 Å². The van der Waals surface area contributed by atoms with Crippen LogP contribution in [-0.4, -0.2) is 66.4 Å². The second kappa shape index (κ2) is 23.8. The number of carboxylic acids is 1. The molecule has 0 aliphatic carbocycles. The van der Waals surface area contributed by atoms with Gasteiger partial charge in [0, 0.05) is 45.5 Å². The van der Waals surface area contributed by atoms with Gasteiger partial charge in [-0.1, -0.05) is 76.7 Å². The molecule has 0 atom stereocenters. The predicted molar refractivity (Wildman–Crippen MR) is 315 cm³/mol. The van der Waals surface area contributed by atoms with E-state index in [1.807, 2.05) is 0 Å². The number of halogens is 5. The van der Waals surface area contributed by atoms with Crippen LogP contribution in [0, 0.1) is 5.82 Å². The maximum atomic E-state index is 14.5. The van der Waals surface area contributed by atoms with Crippen LogP contribution in [-0.2, 0) is 30.1 Å². The molecule has 9 aromatic rings. The van der Waals surface area contributed by atoms with E-state index >= 15 is 0 Å². The molecule has 3 heterocycles. The van der Waals surface area contributed by atoms with Crippen molar-refractivity contribution in [2.75, 3.05) is 21.3 Å². The number of amides is 1. The highest BCUT2D eigenvalue weighted by molar-refractivity contribution is 7.95. The van der Waals surface area contributed by atoms with Crippen LogP contribution in [0.2, 0.25) is 18.0 Å². The number of phenolic OH excluding ortho intramolecular Hbond substituents is 1. The fourth-order valence-corrected chi connectivity index (χ4v) is 16.3. The lowest BCUT2D eigenvalue weighted by Crippen LogP contribution is -2.17. The van der Waals surface area contributed by atoms with Crippen molar-refractivity contribution in [3.63, 3.8) is 0 Å². The van der Waals surface area contributed by atoms with E-state index in [0.29, 0.717) is 55.7 Å². The summed E-state index contributed by atoms with van der Waals surface area (Å²) in [6.45, 7) is 0. The summed E-state index contributed by atoms with van der Waals surface area (Å²) in [5.74, 6) is -8.34. The highest BCUT2D eigenvalue weighted by Gasteiger charge is 2.29. The fraction of sp³-hybridized carbons (Fsp3) is 0.0189. The molecule has 30 heteroatoms. The minimum Gasteiger partial charge on any atom is -0.507 e. The van der Waals surface area contributed by atoms with Gasteiger partial charge in [-0.05, 0) is 108 Å². The molecule has 0 aliphatic rings. The van der Waals surface area contributed by atoms with Gasteiger partial charge in [-0.25, -0.2) is 44.0 Å². The van der Waals surface area contributed by atoms with Crippen molar-refractivity contribution in [2.24, 2.45) is 5.73 Å². The number of esters is 2. The first kappa shape index (κ1) is 59.8. The first-order chi connectivity index (χ1) is 39.2. The average Bonchev–Trinajstić information content (AvgIpc) is 4.10. The number of sulfonamides is 3. The molecule has 0 fully saturated rings. The highest BCUT2D eigenvalue weighted by atomic mass is 35.5. The Morgan fingerprint density at radius 3 is 1.41 bits per heavy atom. The number of hydrogen-bond donors (Lipinski definition) is 6. The Bertz CT molecular complexity index is 4500. The number of aromatic carboxylic acids is 1. The van der Waals surface area contributed by atoms with Gasteiger partial charge in [-0.15, -0.1) is 34.0 Å². The first-order valence-corrected chi connectivity index (χ1v) is 31.4. The normalized spacial score (nSPS) is 11.6. The van der Waals surface area contributed by atoms with Crippen LogP contribution in [0.25, 0.3) is 33.4 Å². The summed E-state index contributed by atoms with van der Waals surface area (Å²) in [7, 11) is -12.2. The number of rotatable bonds is 19. The van der Waals surface area contributed by atoms with E-state index in [1.54, 1.807) is 24.3 Å². The second-order valence-corrected chi connectivity index (χ2v) is 28.2. The van der Waals surface area contributed by atoms with Gasteiger partial charge in [0.15, 0.2) is 11.6 Å². The molecule has 0 unspecified atom stereocenters. The molecule has 0 bridgehead atoms. The maximum Gasteiger partial charge on any atom is 0.347 e. The van der Waals surface area contributed by atoms with Crippen molar-refractivity contribution in [1.29, 1.82) is 0 Å². The molecule has 0 saturated heterocycles. The Hall–Kier alpha value is -7.76. The number of anilines is 3. The van der Waals surface area contributed by atoms with Crippen molar-refractivity contribution in [3.05, 3.63) is 186 Å². The number of aromatic hydroxyl groups is 1. The topological polar surface area (TPSA) is 301 Å². The number of hydrogen-bond acceptors (Lipinski definition) is 17. The number of ether oxygens (including phenoxy) is 3.